The lowest BCUT2D eigenvalue weighted by Gasteiger charge is -2.50. The van der Waals surface area contributed by atoms with Gasteiger partial charge in [0, 0.05) is 13.3 Å². The number of hydrogen-bond acceptors (Lipinski definition) is 28. The molecule has 5 fully saturated rings. The van der Waals surface area contributed by atoms with Crippen LogP contribution in [0.1, 0.15) is 201 Å². The normalized spacial score (nSPS) is 36.1. The lowest BCUT2D eigenvalue weighted by Crippen LogP contribution is -2.70. The Bertz CT molecular complexity index is 2150. The van der Waals surface area contributed by atoms with Crippen molar-refractivity contribution < 1.29 is 139 Å². The first-order valence-corrected chi connectivity index (χ1v) is 36.5. The minimum Gasteiger partial charge on any atom is -0.394 e. The first-order valence-electron chi connectivity index (χ1n) is 36.5. The minimum absolute atomic E-state index is 0.190. The second-order valence-corrected chi connectivity index (χ2v) is 27.1. The van der Waals surface area contributed by atoms with Crippen LogP contribution in [0.3, 0.4) is 0 Å². The molecule has 5 aliphatic heterocycles. The third-order valence-electron chi connectivity index (χ3n) is 19.2. The summed E-state index contributed by atoms with van der Waals surface area (Å²) in [7, 11) is 0. The summed E-state index contributed by atoms with van der Waals surface area (Å²) in [5.41, 5.74) is 0. The standard InChI is InChI=1S/C68H124N2O28/c1-4-6-8-10-12-14-16-18-19-21-23-25-27-29-31-33-48(78)70-41(42(77)32-30-28-26-24-22-20-17-15-13-11-9-7-5-2)39-89-65-57(86)55(84)60(47(38-75)94-65)95-67-59(88)63(53(82)46(37-74)92-67)98-68-58(87)62(52(81)45(36-73)93-68)97-64-49(69-40(3)76)61(51(80)44(35-72)90-64)96-66-56(85)54(83)50(79)43(34-71)91-66/h30,32,41-47,49-68,71-75,77,79-88H,4-29,31,33-39H2,1-3H3,(H,69,76)(H,70,78)/b32-30+/t41-,42+,43?,44?,45?,46?,47?,49?,50-,51-,52-,53-,54-,55+,56?,57?,58?,59?,60+,61+,62-,63-,64-,65+,66-,67-,68+/m0/s1. The Labute approximate surface area is 577 Å². The zero-order valence-electron chi connectivity index (χ0n) is 57.8. The van der Waals surface area contributed by atoms with E-state index in [1.807, 2.05) is 6.08 Å². The van der Waals surface area contributed by atoms with Crippen molar-refractivity contribution >= 4 is 11.8 Å². The van der Waals surface area contributed by atoms with E-state index in [9.17, 15) is 91.3 Å². The molecule has 5 saturated heterocycles. The predicted octanol–water partition coefficient (Wildman–Crippen LogP) is -0.392. The molecule has 0 spiro atoms. The molecule has 5 rings (SSSR count). The van der Waals surface area contributed by atoms with Crippen molar-refractivity contribution in [1.82, 2.24) is 10.6 Å². The number of aliphatic hydroxyl groups is 16. The number of carbonyl (C=O) groups is 2. The third kappa shape index (κ3) is 27.0. The topological polar surface area (TPSA) is 474 Å². The van der Waals surface area contributed by atoms with Gasteiger partial charge in [-0.05, 0) is 19.3 Å². The lowest BCUT2D eigenvalue weighted by atomic mass is 9.94. The van der Waals surface area contributed by atoms with E-state index in [0.29, 0.717) is 12.8 Å². The van der Waals surface area contributed by atoms with Crippen LogP contribution in [-0.4, -0.2) is 299 Å². The van der Waals surface area contributed by atoms with Gasteiger partial charge >= 0.3 is 0 Å². The van der Waals surface area contributed by atoms with Crippen LogP contribution < -0.4 is 10.6 Å². The highest BCUT2D eigenvalue weighted by Crippen LogP contribution is 2.37. The molecule has 30 nitrogen and oxygen atoms in total. The maximum atomic E-state index is 13.5. The summed E-state index contributed by atoms with van der Waals surface area (Å²) in [5.74, 6) is -1.15. The van der Waals surface area contributed by atoms with Crippen LogP contribution in [0, 0.1) is 0 Å². The molecular weight excluding hydrogens is 1290 g/mol. The average Bonchev–Trinajstić information content (AvgIpc) is 0.771. The van der Waals surface area contributed by atoms with Gasteiger partial charge in [0.1, 0.15) is 122 Å². The van der Waals surface area contributed by atoms with Crippen molar-refractivity contribution in [2.45, 2.75) is 366 Å². The molecule has 5 aliphatic rings. The Morgan fingerprint density at radius 1 is 0.398 bits per heavy atom. The number of nitrogens with one attached hydrogen (secondary N) is 2. The molecule has 0 aromatic heterocycles. The molecule has 0 aromatic carbocycles. The summed E-state index contributed by atoms with van der Waals surface area (Å²) in [6.45, 7) is 0.291. The second-order valence-electron chi connectivity index (χ2n) is 27.1. The maximum absolute atomic E-state index is 13.5. The molecule has 0 aliphatic carbocycles. The van der Waals surface area contributed by atoms with Crippen molar-refractivity contribution in [2.75, 3.05) is 39.6 Å². The van der Waals surface area contributed by atoms with E-state index in [2.05, 4.69) is 24.5 Å². The number of hydrogen-bond donors (Lipinski definition) is 18. The van der Waals surface area contributed by atoms with Crippen molar-refractivity contribution in [3.05, 3.63) is 12.2 Å². The van der Waals surface area contributed by atoms with Gasteiger partial charge in [-0.3, -0.25) is 9.59 Å². The molecular formula is C68H124N2O28. The van der Waals surface area contributed by atoms with Crippen LogP contribution in [-0.2, 0) is 57.0 Å². The Balaban J connectivity index is 1.22. The fourth-order valence-electron chi connectivity index (χ4n) is 13.2. The summed E-state index contributed by atoms with van der Waals surface area (Å²) in [6, 6.07) is -2.77. The van der Waals surface area contributed by atoms with Crippen LogP contribution in [0.2, 0.25) is 0 Å². The smallest absolute Gasteiger partial charge is 0.220 e. The summed E-state index contributed by atoms with van der Waals surface area (Å²) in [5, 5.41) is 181. The van der Waals surface area contributed by atoms with Gasteiger partial charge in [0.2, 0.25) is 11.8 Å². The van der Waals surface area contributed by atoms with E-state index in [4.69, 9.17) is 47.4 Å². The van der Waals surface area contributed by atoms with Gasteiger partial charge < -0.3 is 140 Å². The third-order valence-corrected chi connectivity index (χ3v) is 19.2. The van der Waals surface area contributed by atoms with E-state index in [0.717, 1.165) is 58.3 Å². The molecule has 5 heterocycles. The quantitative estimate of drug-likeness (QED) is 0.0272. The Morgan fingerprint density at radius 2 is 0.755 bits per heavy atom. The SMILES string of the molecule is CCCCCCCCCCCCC/C=C/[C@@H](O)[C@H](CO[C@@H]1OC(CO)[C@@H](O[C@@H]2OC(CO)[C@H](O)[C@H](O[C@H]3OC(CO)[C@H](O)[C@H](O[C@@H]4OC(CO)[C@H](O)[C@H](O[C@@H]5OC(CO)[C@H](O)[C@H](O)C5O)C4NC(C)=O)C3O)C2O)[C@H](O)C1O)NC(=O)CCCCCCCCCCCCCCCCC. The van der Waals surface area contributed by atoms with E-state index in [-0.39, 0.29) is 12.3 Å². The highest BCUT2D eigenvalue weighted by molar-refractivity contribution is 5.76. The summed E-state index contributed by atoms with van der Waals surface area (Å²) < 4.78 is 58.4. The van der Waals surface area contributed by atoms with Crippen LogP contribution in [0.5, 0.6) is 0 Å². The van der Waals surface area contributed by atoms with Gasteiger partial charge in [-0.1, -0.05) is 180 Å². The van der Waals surface area contributed by atoms with Gasteiger partial charge in [0.05, 0.1) is 51.8 Å². The van der Waals surface area contributed by atoms with Crippen LogP contribution >= 0.6 is 0 Å². The highest BCUT2D eigenvalue weighted by atomic mass is 16.8. The average molecular weight is 1420 g/mol. The van der Waals surface area contributed by atoms with Gasteiger partial charge in [-0.15, -0.1) is 0 Å². The molecule has 0 radical (unpaired) electrons. The molecule has 574 valence electrons. The molecule has 0 saturated carbocycles. The van der Waals surface area contributed by atoms with E-state index < -0.39 is 211 Å². The number of unbranched alkanes of at least 4 members (excludes halogenated alkanes) is 25. The molecule has 0 aromatic rings. The van der Waals surface area contributed by atoms with E-state index in [1.165, 1.54) is 109 Å². The Hall–Kier alpha value is -2.36. The highest BCUT2D eigenvalue weighted by Gasteiger charge is 2.57. The minimum atomic E-state index is -2.23. The fourth-order valence-corrected chi connectivity index (χ4v) is 13.2. The van der Waals surface area contributed by atoms with Gasteiger partial charge in [-0.2, -0.15) is 0 Å². The van der Waals surface area contributed by atoms with Crippen molar-refractivity contribution in [2.24, 2.45) is 0 Å². The Kier molecular flexibility index (Phi) is 41.5. The molecule has 18 N–H and O–H groups in total. The number of rotatable bonds is 48. The lowest BCUT2D eigenvalue weighted by molar-refractivity contribution is -0.390. The summed E-state index contributed by atoms with van der Waals surface area (Å²) >= 11 is 0. The first-order chi connectivity index (χ1) is 47.2. The zero-order valence-corrected chi connectivity index (χ0v) is 57.8. The predicted molar refractivity (Wildman–Crippen MR) is 350 cm³/mol. The van der Waals surface area contributed by atoms with Gasteiger partial charge in [0.25, 0.3) is 0 Å². The maximum Gasteiger partial charge on any atom is 0.220 e. The first kappa shape index (κ1) is 86.3. The van der Waals surface area contributed by atoms with E-state index in [1.54, 1.807) is 6.08 Å². The van der Waals surface area contributed by atoms with Crippen LogP contribution in [0.15, 0.2) is 12.2 Å². The fraction of sp³-hybridized carbons (Fsp3) is 0.941. The molecule has 2 amide bonds. The molecule has 10 unspecified atom stereocenters. The largest absolute Gasteiger partial charge is 0.394 e. The van der Waals surface area contributed by atoms with E-state index >= 15 is 0 Å². The van der Waals surface area contributed by atoms with Crippen molar-refractivity contribution in [1.29, 1.82) is 0 Å². The number of amides is 2. The molecule has 27 atom stereocenters. The zero-order chi connectivity index (χ0) is 71.7. The summed E-state index contributed by atoms with van der Waals surface area (Å²) in [6.07, 6.45) is -12.0. The molecule has 98 heavy (non-hydrogen) atoms. The number of carbonyl (C=O) groups excluding carboxylic acids is 2. The molecule has 0 bridgehead atoms. The van der Waals surface area contributed by atoms with Crippen LogP contribution in [0.4, 0.5) is 0 Å². The second kappa shape index (κ2) is 47.2. The monoisotopic (exact) mass is 1420 g/mol. The van der Waals surface area contributed by atoms with Crippen molar-refractivity contribution in [3.8, 4) is 0 Å². The number of aliphatic hydroxyl groups excluding tert-OH is 16. The van der Waals surface area contributed by atoms with Gasteiger partial charge in [-0.25, -0.2) is 0 Å². The van der Waals surface area contributed by atoms with Gasteiger partial charge in [0.15, 0.2) is 31.5 Å². The van der Waals surface area contributed by atoms with Crippen molar-refractivity contribution in [3.63, 3.8) is 0 Å². The summed E-state index contributed by atoms with van der Waals surface area (Å²) in [4.78, 5) is 26.2. The molecule has 30 heteroatoms. The Morgan fingerprint density at radius 3 is 1.20 bits per heavy atom. The van der Waals surface area contributed by atoms with Crippen LogP contribution in [0.25, 0.3) is 0 Å². The number of ether oxygens (including phenoxy) is 10. The number of allylic oxidation sites excluding steroid dienone is 1.